The average Bonchev–Trinajstić information content (AvgIpc) is 3.28. The second-order valence-corrected chi connectivity index (χ2v) is 7.27. The molecular weight excluding hydrogens is 356 g/mol. The van der Waals surface area contributed by atoms with Gasteiger partial charge in [0.2, 0.25) is 6.10 Å². The lowest BCUT2D eigenvalue weighted by atomic mass is 9.82. The Hall–Kier alpha value is -3.15. The van der Waals surface area contributed by atoms with Gasteiger partial charge in [0.1, 0.15) is 6.61 Å². The molecule has 2 heterocycles. The van der Waals surface area contributed by atoms with E-state index in [1.165, 1.54) is 5.56 Å². The lowest BCUT2D eigenvalue weighted by Gasteiger charge is -2.22. The summed E-state index contributed by atoms with van der Waals surface area (Å²) in [6.07, 6.45) is -1.53. The quantitative estimate of drug-likeness (QED) is 0.820. The number of oxime groups is 1. The van der Waals surface area contributed by atoms with Crippen molar-refractivity contribution in [2.75, 3.05) is 13.2 Å². The van der Waals surface area contributed by atoms with E-state index < -0.39 is 24.0 Å². The van der Waals surface area contributed by atoms with E-state index in [-0.39, 0.29) is 13.2 Å². The first-order valence-electron chi connectivity index (χ1n) is 9.32. The molecule has 144 valence electrons. The van der Waals surface area contributed by atoms with Gasteiger partial charge >= 0.3 is 6.09 Å². The number of aryl methyl sites for hydroxylation is 3. The highest BCUT2D eigenvalue weighted by molar-refractivity contribution is 6.11. The van der Waals surface area contributed by atoms with Gasteiger partial charge in [0, 0.05) is 5.56 Å². The predicted molar refractivity (Wildman–Crippen MR) is 104 cm³/mol. The van der Waals surface area contributed by atoms with Crippen LogP contribution in [-0.4, -0.2) is 41.9 Å². The van der Waals surface area contributed by atoms with Crippen molar-refractivity contribution in [3.05, 3.63) is 70.3 Å². The van der Waals surface area contributed by atoms with Crippen molar-refractivity contribution in [3.8, 4) is 0 Å². The van der Waals surface area contributed by atoms with Gasteiger partial charge < -0.3 is 9.57 Å². The monoisotopic (exact) mass is 378 g/mol. The first kappa shape index (κ1) is 18.2. The fourth-order valence-corrected chi connectivity index (χ4v) is 4.09. The zero-order chi connectivity index (χ0) is 19.8. The molecule has 1 fully saturated rings. The number of cyclic esters (lactones) is 1. The maximum Gasteiger partial charge on any atom is 0.416 e. The summed E-state index contributed by atoms with van der Waals surface area (Å²) in [6.45, 7) is 6.56. The Balaban J connectivity index is 1.77. The van der Waals surface area contributed by atoms with Crippen LogP contribution in [0.15, 0.2) is 47.6 Å². The molecule has 2 amide bonds. The normalized spacial score (nSPS) is 21.3. The minimum atomic E-state index is -0.900. The fourth-order valence-electron chi connectivity index (χ4n) is 4.09. The fraction of sp³-hybridized carbons (Fsp3) is 0.318. The van der Waals surface area contributed by atoms with Crippen LogP contribution >= 0.6 is 0 Å². The van der Waals surface area contributed by atoms with Crippen molar-refractivity contribution in [2.24, 2.45) is 5.16 Å². The standard InChI is InChI=1S/C22H22N2O4/c1-13-11-14(2)17(15(3)12-13)19-18(16-7-5-4-6-8-16)20(28-23-19)21(25)24-9-10-27-22(24)26/h4-8,11-12,18,20H,9-10H2,1-3H3. The first-order valence-corrected chi connectivity index (χ1v) is 9.32. The summed E-state index contributed by atoms with van der Waals surface area (Å²) in [5, 5.41) is 4.33. The van der Waals surface area contributed by atoms with Crippen LogP contribution < -0.4 is 0 Å². The SMILES string of the molecule is Cc1cc(C)c(C2=NOC(C(=O)N3CCOC3=O)C2c2ccccc2)c(C)c1. The molecule has 6 nitrogen and oxygen atoms in total. The van der Waals surface area contributed by atoms with E-state index >= 15 is 0 Å². The number of ether oxygens (including phenoxy) is 1. The van der Waals surface area contributed by atoms with Crippen molar-refractivity contribution < 1.29 is 19.2 Å². The Morgan fingerprint density at radius 2 is 1.79 bits per heavy atom. The minimum absolute atomic E-state index is 0.206. The van der Waals surface area contributed by atoms with E-state index in [0.29, 0.717) is 5.71 Å². The highest BCUT2D eigenvalue weighted by atomic mass is 16.6. The van der Waals surface area contributed by atoms with E-state index in [1.807, 2.05) is 44.2 Å². The van der Waals surface area contributed by atoms with E-state index in [1.54, 1.807) is 0 Å². The largest absolute Gasteiger partial charge is 0.447 e. The van der Waals surface area contributed by atoms with Crippen LogP contribution in [0.1, 0.15) is 33.7 Å². The number of hydrogen-bond donors (Lipinski definition) is 0. The highest BCUT2D eigenvalue weighted by Gasteiger charge is 2.46. The maximum absolute atomic E-state index is 13.1. The molecule has 2 atom stereocenters. The molecule has 0 saturated carbocycles. The van der Waals surface area contributed by atoms with Gasteiger partial charge in [-0.25, -0.2) is 9.69 Å². The highest BCUT2D eigenvalue weighted by Crippen LogP contribution is 2.36. The van der Waals surface area contributed by atoms with E-state index in [0.717, 1.165) is 27.2 Å². The minimum Gasteiger partial charge on any atom is -0.447 e. The maximum atomic E-state index is 13.1. The summed E-state index contributed by atoms with van der Waals surface area (Å²) in [5.74, 6) is -0.820. The third-order valence-electron chi connectivity index (χ3n) is 5.22. The van der Waals surface area contributed by atoms with Crippen LogP contribution in [-0.2, 0) is 14.4 Å². The summed E-state index contributed by atoms with van der Waals surface area (Å²) < 4.78 is 4.92. The molecule has 2 unspecified atom stereocenters. The number of benzene rings is 2. The Bertz CT molecular complexity index is 945. The van der Waals surface area contributed by atoms with Crippen LogP contribution in [0.2, 0.25) is 0 Å². The smallest absolute Gasteiger partial charge is 0.416 e. The molecule has 28 heavy (non-hydrogen) atoms. The molecule has 0 aliphatic carbocycles. The van der Waals surface area contributed by atoms with Gasteiger partial charge in [-0.2, -0.15) is 0 Å². The van der Waals surface area contributed by atoms with Crippen LogP contribution in [0.3, 0.4) is 0 Å². The van der Waals surface area contributed by atoms with Gasteiger partial charge in [-0.15, -0.1) is 0 Å². The van der Waals surface area contributed by atoms with Crippen LogP contribution in [0, 0.1) is 20.8 Å². The molecule has 6 heteroatoms. The zero-order valence-electron chi connectivity index (χ0n) is 16.1. The van der Waals surface area contributed by atoms with E-state index in [4.69, 9.17) is 9.57 Å². The first-order chi connectivity index (χ1) is 13.5. The van der Waals surface area contributed by atoms with Crippen molar-refractivity contribution in [1.29, 1.82) is 0 Å². The number of imide groups is 1. The van der Waals surface area contributed by atoms with Gasteiger partial charge in [0.05, 0.1) is 18.2 Å². The Labute approximate surface area is 163 Å². The predicted octanol–water partition coefficient (Wildman–Crippen LogP) is 3.48. The Kier molecular flexibility index (Phi) is 4.63. The summed E-state index contributed by atoms with van der Waals surface area (Å²) in [5.41, 5.74) is 5.95. The third kappa shape index (κ3) is 3.05. The average molecular weight is 378 g/mol. The molecule has 0 aromatic heterocycles. The van der Waals surface area contributed by atoms with Crippen molar-refractivity contribution >= 4 is 17.7 Å². The molecule has 0 bridgehead atoms. The van der Waals surface area contributed by atoms with Gasteiger partial charge in [-0.3, -0.25) is 4.79 Å². The number of rotatable bonds is 3. The number of carbonyl (C=O) groups excluding carboxylic acids is 2. The second-order valence-electron chi connectivity index (χ2n) is 7.27. The summed E-state index contributed by atoms with van der Waals surface area (Å²) in [6, 6.07) is 13.9. The van der Waals surface area contributed by atoms with Gasteiger partial charge in [0.25, 0.3) is 5.91 Å². The number of hydrogen-bond acceptors (Lipinski definition) is 5. The van der Waals surface area contributed by atoms with Crippen LogP contribution in [0.5, 0.6) is 0 Å². The summed E-state index contributed by atoms with van der Waals surface area (Å²) >= 11 is 0. The second kappa shape index (κ2) is 7.11. The number of carbonyl (C=O) groups is 2. The summed E-state index contributed by atoms with van der Waals surface area (Å²) in [4.78, 5) is 31.7. The Morgan fingerprint density at radius 3 is 2.39 bits per heavy atom. The lowest BCUT2D eigenvalue weighted by molar-refractivity contribution is -0.139. The molecule has 2 aromatic rings. The molecule has 0 N–H and O–H groups in total. The van der Waals surface area contributed by atoms with Gasteiger partial charge in [0.15, 0.2) is 0 Å². The van der Waals surface area contributed by atoms with Gasteiger partial charge in [-0.1, -0.05) is 53.2 Å². The topological polar surface area (TPSA) is 68.2 Å². The molecule has 2 aliphatic heterocycles. The lowest BCUT2D eigenvalue weighted by Crippen LogP contribution is -2.43. The molecular formula is C22H22N2O4. The van der Waals surface area contributed by atoms with E-state index in [2.05, 4.69) is 24.2 Å². The molecule has 2 aromatic carbocycles. The molecule has 0 spiro atoms. The molecule has 4 rings (SSSR count). The number of amides is 2. The summed E-state index contributed by atoms with van der Waals surface area (Å²) in [7, 11) is 0. The van der Waals surface area contributed by atoms with Crippen molar-refractivity contribution in [1.82, 2.24) is 4.90 Å². The Morgan fingerprint density at radius 1 is 1.11 bits per heavy atom. The van der Waals surface area contributed by atoms with E-state index in [9.17, 15) is 9.59 Å². The molecule has 0 radical (unpaired) electrons. The van der Waals surface area contributed by atoms with Crippen LogP contribution in [0.4, 0.5) is 4.79 Å². The van der Waals surface area contributed by atoms with Crippen molar-refractivity contribution in [2.45, 2.75) is 32.8 Å². The number of nitrogens with zero attached hydrogens (tertiary/aromatic N) is 2. The van der Waals surface area contributed by atoms with Gasteiger partial charge in [-0.05, 0) is 37.5 Å². The van der Waals surface area contributed by atoms with Crippen LogP contribution in [0.25, 0.3) is 0 Å². The third-order valence-corrected chi connectivity index (χ3v) is 5.22. The molecule has 2 aliphatic rings. The van der Waals surface area contributed by atoms with Crippen molar-refractivity contribution in [3.63, 3.8) is 0 Å². The molecule has 1 saturated heterocycles. The zero-order valence-corrected chi connectivity index (χ0v) is 16.1.